The summed E-state index contributed by atoms with van der Waals surface area (Å²) in [6.45, 7) is 9.44. The minimum absolute atomic E-state index is 0.0884. The summed E-state index contributed by atoms with van der Waals surface area (Å²) in [5.41, 5.74) is 18.3. The first-order chi connectivity index (χ1) is 24.3. The van der Waals surface area contributed by atoms with Gasteiger partial charge in [0.2, 0.25) is 0 Å². The molecular formula is C48H37NO. The highest BCUT2D eigenvalue weighted by molar-refractivity contribution is 6.06. The average Bonchev–Trinajstić information content (AvgIpc) is 3.72. The van der Waals surface area contributed by atoms with Crippen molar-refractivity contribution in [2.45, 2.75) is 38.5 Å². The number of nitrogens with zero attached hydrogens (tertiary/aromatic N) is 1. The molecule has 0 radical (unpaired) electrons. The van der Waals surface area contributed by atoms with Crippen LogP contribution in [0.25, 0.3) is 55.3 Å². The van der Waals surface area contributed by atoms with Crippen molar-refractivity contribution in [1.29, 1.82) is 0 Å². The number of hydrogen-bond donors (Lipinski definition) is 0. The predicted molar refractivity (Wildman–Crippen MR) is 209 cm³/mol. The predicted octanol–water partition coefficient (Wildman–Crippen LogP) is 13.3. The Kier molecular flexibility index (Phi) is 6.01. The van der Waals surface area contributed by atoms with Crippen LogP contribution in [0.4, 0.5) is 17.1 Å². The van der Waals surface area contributed by atoms with Crippen molar-refractivity contribution in [1.82, 2.24) is 0 Å². The molecule has 2 aliphatic rings. The van der Waals surface area contributed by atoms with E-state index in [1.165, 1.54) is 67.0 Å². The van der Waals surface area contributed by atoms with Gasteiger partial charge in [0.25, 0.3) is 0 Å². The molecule has 0 spiro atoms. The van der Waals surface area contributed by atoms with Gasteiger partial charge in [0.15, 0.2) is 0 Å². The smallest absolute Gasteiger partial charge is 0.135 e. The molecule has 10 rings (SSSR count). The van der Waals surface area contributed by atoms with Crippen LogP contribution in [-0.2, 0) is 10.8 Å². The quantitative estimate of drug-likeness (QED) is 0.190. The summed E-state index contributed by atoms with van der Waals surface area (Å²) in [5.74, 6) is 0. The molecule has 0 fully saturated rings. The molecule has 0 amide bonds. The summed E-state index contributed by atoms with van der Waals surface area (Å²) < 4.78 is 6.13. The second kappa shape index (κ2) is 10.3. The van der Waals surface area contributed by atoms with E-state index in [4.69, 9.17) is 4.42 Å². The standard InChI is InChI=1S/C48H37NO/c1-47(2)40-16-9-6-14-37(40)46-41(47)17-11-18-43(46)49(33-25-26-35-34-12-5-8-15-39(34)48(3,4)42(35)29-33)32-23-20-30(21-24-32)31-22-27-45-38(28-31)36-13-7-10-19-44(36)50-45/h5-29H,1-4H3. The summed E-state index contributed by atoms with van der Waals surface area (Å²) >= 11 is 0. The number of furan rings is 1. The molecule has 0 saturated heterocycles. The lowest BCUT2D eigenvalue weighted by atomic mass is 9.82. The van der Waals surface area contributed by atoms with Crippen LogP contribution in [0.5, 0.6) is 0 Å². The maximum atomic E-state index is 6.13. The first kappa shape index (κ1) is 29.1. The van der Waals surface area contributed by atoms with Gasteiger partial charge in [-0.3, -0.25) is 0 Å². The summed E-state index contributed by atoms with van der Waals surface area (Å²) in [5, 5.41) is 2.29. The first-order valence-corrected chi connectivity index (χ1v) is 17.6. The van der Waals surface area contributed by atoms with E-state index >= 15 is 0 Å². The largest absolute Gasteiger partial charge is 0.456 e. The molecule has 1 aromatic heterocycles. The van der Waals surface area contributed by atoms with Crippen LogP contribution in [-0.4, -0.2) is 0 Å². The van der Waals surface area contributed by atoms with Gasteiger partial charge in [-0.05, 0) is 98.6 Å². The van der Waals surface area contributed by atoms with Crippen molar-refractivity contribution >= 4 is 39.0 Å². The fraction of sp³-hybridized carbons (Fsp3) is 0.125. The van der Waals surface area contributed by atoms with Gasteiger partial charge in [0, 0.05) is 38.5 Å². The Hall–Kier alpha value is -5.86. The lowest BCUT2D eigenvalue weighted by Crippen LogP contribution is -2.17. The maximum absolute atomic E-state index is 6.13. The topological polar surface area (TPSA) is 16.4 Å². The number of para-hydroxylation sites is 1. The third kappa shape index (κ3) is 4.02. The number of rotatable bonds is 4. The lowest BCUT2D eigenvalue weighted by Gasteiger charge is -2.30. The molecule has 0 atom stereocenters. The molecule has 7 aromatic carbocycles. The minimum atomic E-state index is -0.0966. The van der Waals surface area contributed by atoms with E-state index in [2.05, 4.69) is 172 Å². The number of hydrogen-bond acceptors (Lipinski definition) is 2. The van der Waals surface area contributed by atoms with Crippen molar-refractivity contribution in [3.63, 3.8) is 0 Å². The van der Waals surface area contributed by atoms with E-state index in [0.717, 1.165) is 27.6 Å². The van der Waals surface area contributed by atoms with Gasteiger partial charge >= 0.3 is 0 Å². The molecule has 0 unspecified atom stereocenters. The van der Waals surface area contributed by atoms with Crippen LogP contribution >= 0.6 is 0 Å². The second-order valence-corrected chi connectivity index (χ2v) is 15.0. The van der Waals surface area contributed by atoms with Crippen molar-refractivity contribution in [2.75, 3.05) is 4.90 Å². The Morgan fingerprint density at radius 2 is 1.02 bits per heavy atom. The van der Waals surface area contributed by atoms with Crippen molar-refractivity contribution in [3.05, 3.63) is 174 Å². The number of anilines is 3. The molecule has 2 aliphatic carbocycles. The summed E-state index contributed by atoms with van der Waals surface area (Å²) in [4.78, 5) is 2.48. The van der Waals surface area contributed by atoms with Crippen molar-refractivity contribution < 1.29 is 4.42 Å². The van der Waals surface area contributed by atoms with Crippen LogP contribution in [0.2, 0.25) is 0 Å². The van der Waals surface area contributed by atoms with E-state index in [1.807, 2.05) is 12.1 Å². The van der Waals surface area contributed by atoms with Gasteiger partial charge < -0.3 is 9.32 Å². The molecule has 0 aliphatic heterocycles. The fourth-order valence-electron chi connectivity index (χ4n) is 8.89. The van der Waals surface area contributed by atoms with Crippen LogP contribution in [0, 0.1) is 0 Å². The average molecular weight is 644 g/mol. The molecule has 2 heteroatoms. The highest BCUT2D eigenvalue weighted by Gasteiger charge is 2.39. The molecule has 2 nitrogen and oxygen atoms in total. The SMILES string of the molecule is CC1(C)c2ccccc2-c2ccc(N(c3ccc(-c4ccc5oc6ccccc6c5c4)cc3)c3cccc4c3-c3ccccc3C4(C)C)cc21. The van der Waals surface area contributed by atoms with Crippen LogP contribution in [0.1, 0.15) is 49.9 Å². The molecule has 50 heavy (non-hydrogen) atoms. The van der Waals surface area contributed by atoms with Gasteiger partial charge in [-0.1, -0.05) is 131 Å². The zero-order valence-electron chi connectivity index (χ0n) is 28.8. The van der Waals surface area contributed by atoms with Crippen LogP contribution < -0.4 is 4.90 Å². The number of fused-ring (bicyclic) bond motifs is 9. The Labute approximate surface area is 293 Å². The van der Waals surface area contributed by atoms with E-state index in [0.29, 0.717) is 0 Å². The maximum Gasteiger partial charge on any atom is 0.135 e. The van der Waals surface area contributed by atoms with Gasteiger partial charge in [0.1, 0.15) is 11.2 Å². The normalized spacial score (nSPS) is 14.7. The summed E-state index contributed by atoms with van der Waals surface area (Å²) in [7, 11) is 0. The Balaban J connectivity index is 1.15. The molecule has 240 valence electrons. The Bertz CT molecular complexity index is 2650. The Morgan fingerprint density at radius 3 is 1.84 bits per heavy atom. The van der Waals surface area contributed by atoms with Crippen LogP contribution in [0.15, 0.2) is 156 Å². The molecule has 0 N–H and O–H groups in total. The van der Waals surface area contributed by atoms with Gasteiger partial charge in [-0.15, -0.1) is 0 Å². The minimum Gasteiger partial charge on any atom is -0.456 e. The van der Waals surface area contributed by atoms with E-state index in [1.54, 1.807) is 0 Å². The lowest BCUT2D eigenvalue weighted by molar-refractivity contribution is 0.660. The number of benzene rings is 7. The molecule has 0 bridgehead atoms. The third-order valence-corrected chi connectivity index (χ3v) is 11.5. The highest BCUT2D eigenvalue weighted by atomic mass is 16.3. The zero-order valence-corrected chi connectivity index (χ0v) is 28.8. The molecule has 0 saturated carbocycles. The van der Waals surface area contributed by atoms with Crippen molar-refractivity contribution in [3.8, 4) is 33.4 Å². The van der Waals surface area contributed by atoms with E-state index < -0.39 is 0 Å². The highest BCUT2D eigenvalue weighted by Crippen LogP contribution is 2.55. The van der Waals surface area contributed by atoms with E-state index in [-0.39, 0.29) is 10.8 Å². The summed E-state index contributed by atoms with van der Waals surface area (Å²) in [6, 6.07) is 55.7. The molecule has 8 aromatic rings. The van der Waals surface area contributed by atoms with Gasteiger partial charge in [-0.25, -0.2) is 0 Å². The van der Waals surface area contributed by atoms with Crippen molar-refractivity contribution in [2.24, 2.45) is 0 Å². The van der Waals surface area contributed by atoms with Crippen LogP contribution in [0.3, 0.4) is 0 Å². The molecular weight excluding hydrogens is 607 g/mol. The fourth-order valence-corrected chi connectivity index (χ4v) is 8.89. The van der Waals surface area contributed by atoms with Gasteiger partial charge in [0.05, 0.1) is 5.69 Å². The third-order valence-electron chi connectivity index (χ3n) is 11.5. The van der Waals surface area contributed by atoms with E-state index in [9.17, 15) is 0 Å². The zero-order chi connectivity index (χ0) is 33.8. The molecule has 1 heterocycles. The van der Waals surface area contributed by atoms with Gasteiger partial charge in [-0.2, -0.15) is 0 Å². The summed E-state index contributed by atoms with van der Waals surface area (Å²) in [6.07, 6.45) is 0. The monoisotopic (exact) mass is 643 g/mol. The Morgan fingerprint density at radius 1 is 0.420 bits per heavy atom. The first-order valence-electron chi connectivity index (χ1n) is 17.6. The second-order valence-electron chi connectivity index (χ2n) is 15.0.